The molecule has 1 aromatic rings. The summed E-state index contributed by atoms with van der Waals surface area (Å²) in [5, 5.41) is 9.00. The summed E-state index contributed by atoms with van der Waals surface area (Å²) >= 11 is 6.80. The summed E-state index contributed by atoms with van der Waals surface area (Å²) < 4.78 is 35.8. The largest absolute Gasteiger partial charge is 0.463 e. The zero-order chi connectivity index (χ0) is 23.3. The van der Waals surface area contributed by atoms with Crippen LogP contribution >= 0.6 is 23.4 Å². The first kappa shape index (κ1) is 24.9. The van der Waals surface area contributed by atoms with Gasteiger partial charge in [-0.2, -0.15) is 5.26 Å². The fraction of sp³-hybridized carbons (Fsp3) is 0.474. The van der Waals surface area contributed by atoms with Crippen molar-refractivity contribution >= 4 is 41.3 Å². The lowest BCUT2D eigenvalue weighted by molar-refractivity contribution is -0.201. The lowest BCUT2D eigenvalue weighted by Crippen LogP contribution is -2.63. The van der Waals surface area contributed by atoms with E-state index in [1.165, 1.54) is 13.0 Å². The van der Waals surface area contributed by atoms with E-state index in [1.54, 1.807) is 6.07 Å². The van der Waals surface area contributed by atoms with E-state index in [0.717, 1.165) is 31.7 Å². The van der Waals surface area contributed by atoms with Crippen LogP contribution in [0.25, 0.3) is 0 Å². The maximum Gasteiger partial charge on any atom is 0.303 e. The van der Waals surface area contributed by atoms with Crippen LogP contribution in [0.5, 0.6) is 0 Å². The van der Waals surface area contributed by atoms with Crippen LogP contribution in [-0.2, 0) is 33.3 Å². The number of halogens is 2. The molecule has 2 N–H and O–H groups in total. The monoisotopic (exact) mass is 474 g/mol. The molecule has 0 radical (unpaired) electrons. The van der Waals surface area contributed by atoms with Crippen LogP contribution in [0, 0.1) is 17.1 Å². The lowest BCUT2D eigenvalue weighted by Gasteiger charge is -2.43. The highest BCUT2D eigenvalue weighted by atomic mass is 35.5. The third-order valence-corrected chi connectivity index (χ3v) is 5.63. The summed E-state index contributed by atoms with van der Waals surface area (Å²) in [6, 6.07) is 2.90. The molecule has 1 aliphatic rings. The van der Waals surface area contributed by atoms with E-state index < -0.39 is 53.5 Å². The van der Waals surface area contributed by atoms with E-state index in [4.69, 9.17) is 41.5 Å². The van der Waals surface area contributed by atoms with E-state index in [-0.39, 0.29) is 22.1 Å². The minimum Gasteiger partial charge on any atom is -0.463 e. The standard InChI is InChI=1S/C19H20ClFN2O7S/c1-8(24)27-7-14-17(28-9(2)25)16(23)18(29-10(3)26)19(30-14)31-15-5-12(20)11(6-22)4-13(15)21/h4-5,14,16-19H,7,23H2,1-3H3. The summed E-state index contributed by atoms with van der Waals surface area (Å²) in [5.41, 5.74) is 5.11. The van der Waals surface area contributed by atoms with Crippen molar-refractivity contribution < 1.29 is 37.7 Å². The van der Waals surface area contributed by atoms with E-state index in [9.17, 15) is 18.8 Å². The highest BCUT2D eigenvalue weighted by Crippen LogP contribution is 2.38. The Labute approximate surface area is 186 Å². The van der Waals surface area contributed by atoms with Crippen LogP contribution in [0.4, 0.5) is 4.39 Å². The minimum atomic E-state index is -1.14. The van der Waals surface area contributed by atoms with Crippen molar-refractivity contribution in [1.82, 2.24) is 0 Å². The number of hydrogen-bond acceptors (Lipinski definition) is 10. The number of nitrogens with zero attached hydrogens (tertiary/aromatic N) is 1. The second kappa shape index (κ2) is 10.8. The molecule has 0 amide bonds. The lowest BCUT2D eigenvalue weighted by atomic mass is 9.97. The Balaban J connectivity index is 2.39. The highest BCUT2D eigenvalue weighted by Gasteiger charge is 2.49. The predicted octanol–water partition coefficient (Wildman–Crippen LogP) is 1.92. The summed E-state index contributed by atoms with van der Waals surface area (Å²) in [4.78, 5) is 34.4. The van der Waals surface area contributed by atoms with Gasteiger partial charge < -0.3 is 24.7 Å². The van der Waals surface area contributed by atoms with Crippen LogP contribution in [0.1, 0.15) is 26.3 Å². The number of ether oxygens (including phenoxy) is 4. The second-order valence-corrected chi connectivity index (χ2v) is 8.11. The van der Waals surface area contributed by atoms with Crippen molar-refractivity contribution in [2.45, 2.75) is 55.5 Å². The van der Waals surface area contributed by atoms with Gasteiger partial charge >= 0.3 is 17.9 Å². The summed E-state index contributed by atoms with van der Waals surface area (Å²) in [6.07, 6.45) is -3.26. The summed E-state index contributed by atoms with van der Waals surface area (Å²) in [6.45, 7) is 3.19. The number of rotatable bonds is 6. The molecule has 5 atom stereocenters. The van der Waals surface area contributed by atoms with Gasteiger partial charge in [0.1, 0.15) is 36.1 Å². The number of hydrogen-bond donors (Lipinski definition) is 1. The molecule has 0 spiro atoms. The molecule has 31 heavy (non-hydrogen) atoms. The average Bonchev–Trinajstić information content (AvgIpc) is 2.67. The molecule has 12 heteroatoms. The Morgan fingerprint density at radius 3 is 2.35 bits per heavy atom. The number of thioether (sulfide) groups is 1. The zero-order valence-corrected chi connectivity index (χ0v) is 18.4. The van der Waals surface area contributed by atoms with E-state index in [2.05, 4.69) is 0 Å². The number of carbonyl (C=O) groups is 3. The fourth-order valence-electron chi connectivity index (χ4n) is 2.87. The van der Waals surface area contributed by atoms with Crippen molar-refractivity contribution in [1.29, 1.82) is 5.26 Å². The van der Waals surface area contributed by atoms with Crippen LogP contribution in [-0.4, -0.2) is 54.3 Å². The van der Waals surface area contributed by atoms with Gasteiger partial charge in [0, 0.05) is 25.7 Å². The quantitative estimate of drug-likeness (QED) is 0.480. The van der Waals surface area contributed by atoms with E-state index in [1.807, 2.05) is 0 Å². The second-order valence-electron chi connectivity index (χ2n) is 6.56. The van der Waals surface area contributed by atoms with Gasteiger partial charge in [0.15, 0.2) is 6.10 Å². The molecule has 0 saturated carbocycles. The molecule has 0 bridgehead atoms. The normalized spacial score (nSPS) is 25.3. The first-order valence-electron chi connectivity index (χ1n) is 8.98. The van der Waals surface area contributed by atoms with Crippen LogP contribution in [0.2, 0.25) is 5.02 Å². The molecule has 1 fully saturated rings. The SMILES string of the molecule is CC(=O)OCC1OC(Sc2cc(Cl)c(C#N)cc2F)C(OC(C)=O)C(N)C1OC(C)=O. The molecular formula is C19H20ClFN2O7S. The summed E-state index contributed by atoms with van der Waals surface area (Å²) in [7, 11) is 0. The van der Waals surface area contributed by atoms with Gasteiger partial charge in [-0.15, -0.1) is 0 Å². The maximum atomic E-state index is 14.5. The van der Waals surface area contributed by atoms with Crippen molar-refractivity contribution in [3.63, 3.8) is 0 Å². The van der Waals surface area contributed by atoms with Gasteiger partial charge in [-0.25, -0.2) is 4.39 Å². The number of carbonyl (C=O) groups excluding carboxylic acids is 3. The number of nitrogens with two attached hydrogens (primary N) is 1. The molecule has 1 aliphatic heterocycles. The van der Waals surface area contributed by atoms with Crippen molar-refractivity contribution in [3.8, 4) is 6.07 Å². The van der Waals surface area contributed by atoms with Gasteiger partial charge in [0.2, 0.25) is 0 Å². The van der Waals surface area contributed by atoms with Gasteiger partial charge in [-0.3, -0.25) is 14.4 Å². The number of nitriles is 1. The smallest absolute Gasteiger partial charge is 0.303 e. The predicted molar refractivity (Wildman–Crippen MR) is 106 cm³/mol. The average molecular weight is 475 g/mol. The molecule has 1 heterocycles. The third-order valence-electron chi connectivity index (χ3n) is 4.14. The Kier molecular flexibility index (Phi) is 8.64. The Morgan fingerprint density at radius 2 is 1.81 bits per heavy atom. The minimum absolute atomic E-state index is 0.00975. The van der Waals surface area contributed by atoms with Gasteiger partial charge in [0.25, 0.3) is 0 Å². The van der Waals surface area contributed by atoms with Crippen molar-refractivity contribution in [3.05, 3.63) is 28.5 Å². The molecule has 2 rings (SSSR count). The van der Waals surface area contributed by atoms with Gasteiger partial charge in [-0.05, 0) is 12.1 Å². The molecular weight excluding hydrogens is 455 g/mol. The zero-order valence-electron chi connectivity index (χ0n) is 16.8. The van der Waals surface area contributed by atoms with Crippen molar-refractivity contribution in [2.75, 3.05) is 6.61 Å². The molecule has 0 aliphatic carbocycles. The van der Waals surface area contributed by atoms with E-state index >= 15 is 0 Å². The fourth-order valence-corrected chi connectivity index (χ4v) is 4.32. The Morgan fingerprint density at radius 1 is 1.19 bits per heavy atom. The van der Waals surface area contributed by atoms with Crippen LogP contribution in [0.3, 0.4) is 0 Å². The maximum absolute atomic E-state index is 14.5. The molecule has 0 aromatic heterocycles. The molecule has 9 nitrogen and oxygen atoms in total. The topological polar surface area (TPSA) is 138 Å². The van der Waals surface area contributed by atoms with Gasteiger partial charge in [-0.1, -0.05) is 23.4 Å². The third kappa shape index (κ3) is 6.54. The van der Waals surface area contributed by atoms with Gasteiger partial charge in [0.05, 0.1) is 16.6 Å². The van der Waals surface area contributed by atoms with Crippen LogP contribution < -0.4 is 5.73 Å². The highest BCUT2D eigenvalue weighted by molar-refractivity contribution is 7.99. The van der Waals surface area contributed by atoms with E-state index in [0.29, 0.717) is 0 Å². The first-order chi connectivity index (χ1) is 14.5. The molecule has 5 unspecified atom stereocenters. The molecule has 1 saturated heterocycles. The molecule has 1 aromatic carbocycles. The number of benzene rings is 1. The first-order valence-corrected chi connectivity index (χ1v) is 10.2. The number of esters is 3. The summed E-state index contributed by atoms with van der Waals surface area (Å²) in [5.74, 6) is -2.71. The Bertz CT molecular complexity index is 908. The molecule has 168 valence electrons. The Hall–Kier alpha value is -2.39. The van der Waals surface area contributed by atoms with Crippen molar-refractivity contribution in [2.24, 2.45) is 5.73 Å². The van der Waals surface area contributed by atoms with Crippen LogP contribution in [0.15, 0.2) is 17.0 Å².